The fraction of sp³-hybridized carbons (Fsp3) is 0.455. The van der Waals surface area contributed by atoms with Gasteiger partial charge in [0, 0.05) is 17.6 Å². The van der Waals surface area contributed by atoms with E-state index >= 15 is 0 Å². The van der Waals surface area contributed by atoms with E-state index in [9.17, 15) is 4.39 Å². The summed E-state index contributed by atoms with van der Waals surface area (Å²) in [5.74, 6) is -0.245. The lowest BCUT2D eigenvalue weighted by Gasteiger charge is -2.25. The fourth-order valence-corrected chi connectivity index (χ4v) is 1.98. The number of benzene rings is 1. The minimum Gasteiger partial charge on any atom is -0.379 e. The van der Waals surface area contributed by atoms with Crippen molar-refractivity contribution in [1.29, 1.82) is 0 Å². The maximum atomic E-state index is 13.4. The molecule has 4 heteroatoms. The van der Waals surface area contributed by atoms with Gasteiger partial charge in [-0.15, -0.1) is 0 Å². The van der Waals surface area contributed by atoms with Crippen molar-refractivity contribution in [1.82, 2.24) is 5.32 Å². The van der Waals surface area contributed by atoms with Gasteiger partial charge in [0.05, 0.1) is 5.69 Å². The van der Waals surface area contributed by atoms with E-state index in [1.807, 2.05) is 0 Å². The molecular formula is C11H14ClFN2. The lowest BCUT2D eigenvalue weighted by Crippen LogP contribution is -2.38. The number of piperidine rings is 1. The van der Waals surface area contributed by atoms with E-state index in [4.69, 9.17) is 11.6 Å². The molecule has 82 valence electrons. The quantitative estimate of drug-likeness (QED) is 0.813. The molecular weight excluding hydrogens is 215 g/mol. The zero-order chi connectivity index (χ0) is 10.7. The van der Waals surface area contributed by atoms with E-state index in [0.717, 1.165) is 25.9 Å². The highest BCUT2D eigenvalue weighted by Gasteiger charge is 2.14. The van der Waals surface area contributed by atoms with E-state index in [2.05, 4.69) is 10.6 Å². The second-order valence-corrected chi connectivity index (χ2v) is 4.25. The van der Waals surface area contributed by atoms with Crippen LogP contribution in [0.2, 0.25) is 5.02 Å². The maximum Gasteiger partial charge on any atom is 0.146 e. The summed E-state index contributed by atoms with van der Waals surface area (Å²) in [6.45, 7) is 1.93. The Morgan fingerprint density at radius 1 is 1.47 bits per heavy atom. The van der Waals surface area contributed by atoms with Gasteiger partial charge >= 0.3 is 0 Å². The first-order chi connectivity index (χ1) is 7.25. The second kappa shape index (κ2) is 4.81. The van der Waals surface area contributed by atoms with Gasteiger partial charge in [-0.3, -0.25) is 0 Å². The van der Waals surface area contributed by atoms with Crippen molar-refractivity contribution in [2.75, 3.05) is 18.4 Å². The number of anilines is 1. The zero-order valence-electron chi connectivity index (χ0n) is 8.39. The molecule has 0 bridgehead atoms. The van der Waals surface area contributed by atoms with Crippen LogP contribution < -0.4 is 10.6 Å². The van der Waals surface area contributed by atoms with Crippen molar-refractivity contribution in [3.05, 3.63) is 29.0 Å². The van der Waals surface area contributed by atoms with E-state index in [1.165, 1.54) is 6.07 Å². The van der Waals surface area contributed by atoms with Gasteiger partial charge in [-0.25, -0.2) is 4.39 Å². The van der Waals surface area contributed by atoms with Crippen LogP contribution in [0.25, 0.3) is 0 Å². The van der Waals surface area contributed by atoms with Crippen LogP contribution in [0, 0.1) is 5.82 Å². The predicted molar refractivity (Wildman–Crippen MR) is 60.9 cm³/mol. The van der Waals surface area contributed by atoms with Gasteiger partial charge in [-0.05, 0) is 37.6 Å². The van der Waals surface area contributed by atoms with Crippen LogP contribution >= 0.6 is 11.6 Å². The van der Waals surface area contributed by atoms with Crippen LogP contribution in [0.1, 0.15) is 12.8 Å². The summed E-state index contributed by atoms with van der Waals surface area (Å²) in [4.78, 5) is 0. The molecule has 0 spiro atoms. The summed E-state index contributed by atoms with van der Waals surface area (Å²) in [7, 11) is 0. The van der Waals surface area contributed by atoms with E-state index in [0.29, 0.717) is 16.8 Å². The minimum absolute atomic E-state index is 0.245. The molecule has 0 saturated carbocycles. The molecule has 1 aliphatic rings. The Labute approximate surface area is 93.8 Å². The van der Waals surface area contributed by atoms with Crippen molar-refractivity contribution >= 4 is 17.3 Å². The maximum absolute atomic E-state index is 13.4. The average molecular weight is 229 g/mol. The van der Waals surface area contributed by atoms with Crippen LogP contribution in [-0.2, 0) is 0 Å². The van der Waals surface area contributed by atoms with Crippen molar-refractivity contribution < 1.29 is 4.39 Å². The van der Waals surface area contributed by atoms with Gasteiger partial charge < -0.3 is 10.6 Å². The molecule has 0 aliphatic carbocycles. The number of halogens is 2. The summed E-state index contributed by atoms with van der Waals surface area (Å²) >= 11 is 5.81. The summed E-state index contributed by atoms with van der Waals surface area (Å²) in [5, 5.41) is 7.00. The Morgan fingerprint density at radius 2 is 2.33 bits per heavy atom. The molecule has 2 N–H and O–H groups in total. The van der Waals surface area contributed by atoms with Crippen molar-refractivity contribution in [3.8, 4) is 0 Å². The van der Waals surface area contributed by atoms with Crippen molar-refractivity contribution in [2.24, 2.45) is 0 Å². The van der Waals surface area contributed by atoms with Gasteiger partial charge in [0.2, 0.25) is 0 Å². The van der Waals surface area contributed by atoms with E-state index in [-0.39, 0.29) is 5.82 Å². The molecule has 1 atom stereocenters. The summed E-state index contributed by atoms with van der Waals surface area (Å²) in [6, 6.07) is 4.87. The smallest absolute Gasteiger partial charge is 0.146 e. The SMILES string of the molecule is Fc1ccc(Cl)cc1NC1CCCNC1. The molecule has 1 heterocycles. The first-order valence-corrected chi connectivity index (χ1v) is 5.56. The predicted octanol–water partition coefficient (Wildman–Crippen LogP) is 2.64. The molecule has 1 aromatic carbocycles. The topological polar surface area (TPSA) is 24.1 Å². The van der Waals surface area contributed by atoms with Crippen LogP contribution in [0.15, 0.2) is 18.2 Å². The largest absolute Gasteiger partial charge is 0.379 e. The normalized spacial score (nSPS) is 21.3. The Hall–Kier alpha value is -0.800. The molecule has 0 amide bonds. The summed E-state index contributed by atoms with van der Waals surface area (Å²) < 4.78 is 13.4. The number of hydrogen-bond acceptors (Lipinski definition) is 2. The van der Waals surface area contributed by atoms with Gasteiger partial charge in [-0.1, -0.05) is 11.6 Å². The molecule has 1 fully saturated rings. The molecule has 15 heavy (non-hydrogen) atoms. The first kappa shape index (κ1) is 10.7. The van der Waals surface area contributed by atoms with Gasteiger partial charge in [0.25, 0.3) is 0 Å². The number of hydrogen-bond donors (Lipinski definition) is 2. The molecule has 2 nitrogen and oxygen atoms in total. The van der Waals surface area contributed by atoms with Gasteiger partial charge in [-0.2, -0.15) is 0 Å². The Kier molecular flexibility index (Phi) is 3.44. The molecule has 0 aromatic heterocycles. The first-order valence-electron chi connectivity index (χ1n) is 5.18. The highest BCUT2D eigenvalue weighted by molar-refractivity contribution is 6.30. The summed E-state index contributed by atoms with van der Waals surface area (Å²) in [5.41, 5.74) is 0.496. The average Bonchev–Trinajstić information content (AvgIpc) is 2.25. The Bertz CT molecular complexity index is 337. The van der Waals surface area contributed by atoms with Crippen LogP contribution in [0.4, 0.5) is 10.1 Å². The second-order valence-electron chi connectivity index (χ2n) is 3.81. The third-order valence-electron chi connectivity index (χ3n) is 2.58. The fourth-order valence-electron chi connectivity index (χ4n) is 1.80. The molecule has 0 radical (unpaired) electrons. The lowest BCUT2D eigenvalue weighted by atomic mass is 10.1. The van der Waals surface area contributed by atoms with Gasteiger partial charge in [0.15, 0.2) is 0 Å². The monoisotopic (exact) mass is 228 g/mol. The summed E-state index contributed by atoms with van der Waals surface area (Å²) in [6.07, 6.45) is 2.19. The molecule has 1 saturated heterocycles. The van der Waals surface area contributed by atoms with E-state index in [1.54, 1.807) is 12.1 Å². The Morgan fingerprint density at radius 3 is 3.07 bits per heavy atom. The minimum atomic E-state index is -0.245. The zero-order valence-corrected chi connectivity index (χ0v) is 9.15. The third-order valence-corrected chi connectivity index (χ3v) is 2.82. The number of nitrogens with one attached hydrogen (secondary N) is 2. The van der Waals surface area contributed by atoms with E-state index < -0.39 is 0 Å². The molecule has 1 unspecified atom stereocenters. The van der Waals surface area contributed by atoms with Crippen molar-refractivity contribution in [3.63, 3.8) is 0 Å². The van der Waals surface area contributed by atoms with Gasteiger partial charge in [0.1, 0.15) is 5.82 Å². The van der Waals surface area contributed by atoms with Crippen LogP contribution in [-0.4, -0.2) is 19.1 Å². The Balaban J connectivity index is 2.05. The highest BCUT2D eigenvalue weighted by atomic mass is 35.5. The molecule has 2 rings (SSSR count). The molecule has 1 aromatic rings. The standard InChI is InChI=1S/C11H14ClFN2/c12-8-3-4-10(13)11(6-8)15-9-2-1-5-14-7-9/h3-4,6,9,14-15H,1-2,5,7H2. The highest BCUT2D eigenvalue weighted by Crippen LogP contribution is 2.21. The van der Waals surface area contributed by atoms with Crippen LogP contribution in [0.3, 0.4) is 0 Å². The van der Waals surface area contributed by atoms with Crippen molar-refractivity contribution in [2.45, 2.75) is 18.9 Å². The third kappa shape index (κ3) is 2.83. The number of rotatable bonds is 2. The lowest BCUT2D eigenvalue weighted by molar-refractivity contribution is 0.477. The molecule has 1 aliphatic heterocycles. The van der Waals surface area contributed by atoms with Crippen LogP contribution in [0.5, 0.6) is 0 Å².